The summed E-state index contributed by atoms with van der Waals surface area (Å²) in [5.74, 6) is -0.877. The summed E-state index contributed by atoms with van der Waals surface area (Å²) in [5, 5.41) is 9.80. The Morgan fingerprint density at radius 1 is 1.16 bits per heavy atom. The predicted molar refractivity (Wildman–Crippen MR) is 83.7 cm³/mol. The van der Waals surface area contributed by atoms with Crippen LogP contribution >= 0.6 is 22.9 Å². The van der Waals surface area contributed by atoms with E-state index in [4.69, 9.17) is 16.0 Å². The largest absolute Gasteiger partial charge is 0.573 e. The number of anilines is 1. The van der Waals surface area contributed by atoms with Crippen LogP contribution in [0, 0.1) is 0 Å². The van der Waals surface area contributed by atoms with Crippen molar-refractivity contribution in [1.82, 2.24) is 10.2 Å². The van der Waals surface area contributed by atoms with Crippen molar-refractivity contribution in [3.63, 3.8) is 0 Å². The fourth-order valence-corrected chi connectivity index (χ4v) is 2.74. The fraction of sp³-hybridized carbons (Fsp3) is 0.0714. The normalized spacial score (nSPS) is 11.4. The molecule has 0 aliphatic carbocycles. The molecule has 2 heterocycles. The minimum Gasteiger partial charge on any atom is -0.406 e. The van der Waals surface area contributed by atoms with Gasteiger partial charge in [0.1, 0.15) is 5.75 Å². The maximum atomic E-state index is 12.1. The highest BCUT2D eigenvalue weighted by atomic mass is 35.5. The molecule has 0 aliphatic heterocycles. The van der Waals surface area contributed by atoms with E-state index in [9.17, 15) is 18.0 Å². The van der Waals surface area contributed by atoms with E-state index in [-0.39, 0.29) is 17.5 Å². The smallest absolute Gasteiger partial charge is 0.406 e. The lowest BCUT2D eigenvalue weighted by Gasteiger charge is -2.08. The molecule has 1 amide bonds. The second kappa shape index (κ2) is 6.73. The first-order valence-electron chi connectivity index (χ1n) is 6.56. The molecule has 130 valence electrons. The van der Waals surface area contributed by atoms with Crippen LogP contribution < -0.4 is 10.1 Å². The van der Waals surface area contributed by atoms with Gasteiger partial charge < -0.3 is 9.15 Å². The molecule has 0 radical (unpaired) electrons. The van der Waals surface area contributed by atoms with Crippen molar-refractivity contribution >= 4 is 34.9 Å². The summed E-state index contributed by atoms with van der Waals surface area (Å²) in [7, 11) is 0. The molecule has 6 nitrogen and oxygen atoms in total. The highest BCUT2D eigenvalue weighted by Crippen LogP contribution is 2.30. The number of alkyl halides is 3. The lowest BCUT2D eigenvalue weighted by Crippen LogP contribution is -2.17. The predicted octanol–water partition coefficient (Wildman–Crippen LogP) is 4.60. The molecule has 1 aromatic carbocycles. The van der Waals surface area contributed by atoms with Gasteiger partial charge in [-0.15, -0.1) is 29.6 Å². The molecule has 2 aromatic heterocycles. The van der Waals surface area contributed by atoms with Crippen LogP contribution in [-0.4, -0.2) is 22.5 Å². The minimum absolute atomic E-state index is 0.0912. The summed E-state index contributed by atoms with van der Waals surface area (Å²) in [4.78, 5) is 12.7. The van der Waals surface area contributed by atoms with Crippen LogP contribution in [0.2, 0.25) is 4.34 Å². The molecule has 0 fully saturated rings. The van der Waals surface area contributed by atoms with E-state index in [0.717, 1.165) is 12.1 Å². The van der Waals surface area contributed by atoms with Crippen molar-refractivity contribution in [2.45, 2.75) is 6.36 Å². The van der Waals surface area contributed by atoms with Gasteiger partial charge in [-0.1, -0.05) is 16.7 Å². The van der Waals surface area contributed by atoms with Crippen LogP contribution in [0.1, 0.15) is 10.4 Å². The maximum Gasteiger partial charge on any atom is 0.573 e. The first kappa shape index (κ1) is 17.2. The number of nitrogens with one attached hydrogen (secondary N) is 1. The van der Waals surface area contributed by atoms with E-state index in [0.29, 0.717) is 9.21 Å². The number of halogens is 4. The van der Waals surface area contributed by atoms with Gasteiger partial charge in [0.25, 0.3) is 11.8 Å². The van der Waals surface area contributed by atoms with Crippen LogP contribution in [0.25, 0.3) is 10.8 Å². The number of carbonyl (C=O) groups excluding carboxylic acids is 1. The number of aromatic nitrogens is 2. The molecular weight excluding hydrogens is 383 g/mol. The molecular formula is C14H7ClF3N3O3S. The van der Waals surface area contributed by atoms with Gasteiger partial charge in [-0.25, -0.2) is 0 Å². The molecule has 0 saturated carbocycles. The zero-order valence-corrected chi connectivity index (χ0v) is 13.6. The number of nitrogens with zero attached hydrogens (tertiary/aromatic N) is 2. The molecule has 0 unspecified atom stereocenters. The van der Waals surface area contributed by atoms with Gasteiger partial charge in [-0.2, -0.15) is 0 Å². The van der Waals surface area contributed by atoms with Crippen molar-refractivity contribution < 1.29 is 27.1 Å². The van der Waals surface area contributed by atoms with Crippen molar-refractivity contribution in [2.75, 3.05) is 5.32 Å². The molecule has 1 N–H and O–H groups in total. The third-order valence-corrected chi connectivity index (χ3v) is 4.00. The van der Waals surface area contributed by atoms with Crippen molar-refractivity contribution in [1.29, 1.82) is 0 Å². The van der Waals surface area contributed by atoms with Gasteiger partial charge in [0.05, 0.1) is 9.21 Å². The lowest BCUT2D eigenvalue weighted by atomic mass is 10.2. The average molecular weight is 390 g/mol. The molecule has 0 bridgehead atoms. The molecule has 0 aliphatic rings. The first-order chi connectivity index (χ1) is 11.8. The van der Waals surface area contributed by atoms with Gasteiger partial charge in [0.15, 0.2) is 0 Å². The van der Waals surface area contributed by atoms with Gasteiger partial charge in [0.2, 0.25) is 0 Å². The Morgan fingerprint density at radius 3 is 2.48 bits per heavy atom. The summed E-state index contributed by atoms with van der Waals surface area (Å²) in [6, 6.07) is 7.59. The van der Waals surface area contributed by atoms with E-state index < -0.39 is 18.0 Å². The molecule has 3 rings (SSSR count). The molecule has 3 aromatic rings. The second-order valence-electron chi connectivity index (χ2n) is 4.54. The van der Waals surface area contributed by atoms with E-state index in [1.54, 1.807) is 12.1 Å². The van der Waals surface area contributed by atoms with Crippen LogP contribution in [0.15, 0.2) is 40.8 Å². The Kier molecular flexibility index (Phi) is 4.64. The zero-order valence-electron chi connectivity index (χ0n) is 12.0. The van der Waals surface area contributed by atoms with E-state index in [2.05, 4.69) is 20.3 Å². The average Bonchev–Trinajstić information content (AvgIpc) is 3.15. The van der Waals surface area contributed by atoms with Gasteiger partial charge in [-0.3, -0.25) is 10.1 Å². The highest BCUT2D eigenvalue weighted by molar-refractivity contribution is 7.19. The minimum atomic E-state index is -4.80. The molecule has 0 spiro atoms. The highest BCUT2D eigenvalue weighted by Gasteiger charge is 2.31. The number of carbonyl (C=O) groups is 1. The van der Waals surface area contributed by atoms with Crippen molar-refractivity contribution in [3.05, 3.63) is 46.3 Å². The van der Waals surface area contributed by atoms with Crippen LogP contribution in [0.3, 0.4) is 0 Å². The number of hydrogen-bond donors (Lipinski definition) is 1. The Bertz CT molecular complexity index is 893. The van der Waals surface area contributed by atoms with Crippen LogP contribution in [0.4, 0.5) is 19.2 Å². The Morgan fingerprint density at radius 2 is 1.88 bits per heavy atom. The van der Waals surface area contributed by atoms with E-state index >= 15 is 0 Å². The SMILES string of the molecule is O=C(Nc1nnc(-c2ccc(Cl)s2)o1)c1ccc(OC(F)(F)F)cc1. The summed E-state index contributed by atoms with van der Waals surface area (Å²) >= 11 is 7.04. The fourth-order valence-electron chi connectivity index (χ4n) is 1.78. The number of amides is 1. The molecule has 0 saturated heterocycles. The topological polar surface area (TPSA) is 77.3 Å². The van der Waals surface area contributed by atoms with E-state index in [1.807, 2.05) is 0 Å². The third-order valence-electron chi connectivity index (χ3n) is 2.78. The Hall–Kier alpha value is -2.59. The van der Waals surface area contributed by atoms with Crippen LogP contribution in [0.5, 0.6) is 5.75 Å². The van der Waals surface area contributed by atoms with E-state index in [1.165, 1.54) is 23.5 Å². The van der Waals surface area contributed by atoms with Crippen molar-refractivity contribution in [3.8, 4) is 16.5 Å². The monoisotopic (exact) mass is 389 g/mol. The van der Waals surface area contributed by atoms with Gasteiger partial charge in [-0.05, 0) is 36.4 Å². The lowest BCUT2D eigenvalue weighted by molar-refractivity contribution is -0.274. The standard InChI is InChI=1S/C14H7ClF3N3O3S/c15-10-6-5-9(25-10)12-20-21-13(23-12)19-11(22)7-1-3-8(4-2-7)24-14(16,17)18/h1-6H,(H,19,21,22). The second-order valence-corrected chi connectivity index (χ2v) is 6.26. The van der Waals surface area contributed by atoms with Gasteiger partial charge in [0, 0.05) is 5.56 Å². The summed E-state index contributed by atoms with van der Waals surface area (Å²) in [6.07, 6.45) is -4.80. The molecule has 11 heteroatoms. The summed E-state index contributed by atoms with van der Waals surface area (Å²) in [6.45, 7) is 0. The summed E-state index contributed by atoms with van der Waals surface area (Å²) < 4.78 is 45.8. The first-order valence-corrected chi connectivity index (χ1v) is 7.76. The number of thiophene rings is 1. The number of benzene rings is 1. The molecule has 0 atom stereocenters. The van der Waals surface area contributed by atoms with Crippen LogP contribution in [-0.2, 0) is 0 Å². The number of ether oxygens (including phenoxy) is 1. The quantitative estimate of drug-likeness (QED) is 0.705. The van der Waals surface area contributed by atoms with Gasteiger partial charge >= 0.3 is 12.4 Å². The summed E-state index contributed by atoms with van der Waals surface area (Å²) in [5.41, 5.74) is 0.0912. The maximum absolute atomic E-state index is 12.1. The number of rotatable bonds is 4. The Labute approximate surface area is 147 Å². The zero-order chi connectivity index (χ0) is 18.0. The third kappa shape index (κ3) is 4.48. The molecule has 25 heavy (non-hydrogen) atoms. The number of hydrogen-bond acceptors (Lipinski definition) is 6. The Balaban J connectivity index is 1.67. The van der Waals surface area contributed by atoms with Crippen molar-refractivity contribution in [2.24, 2.45) is 0 Å².